The maximum atomic E-state index is 4.60. The van der Waals surface area contributed by atoms with Gasteiger partial charge in [0.2, 0.25) is 0 Å². The van der Waals surface area contributed by atoms with Gasteiger partial charge in [-0.2, -0.15) is 5.10 Å². The van der Waals surface area contributed by atoms with E-state index in [4.69, 9.17) is 0 Å². The molecular formula is C10H12N4S. The summed E-state index contributed by atoms with van der Waals surface area (Å²) in [5.41, 5.74) is 0. The Kier molecular flexibility index (Phi) is 2.07. The molecule has 0 spiro atoms. The van der Waals surface area contributed by atoms with Crippen LogP contribution in [0, 0.1) is 0 Å². The Morgan fingerprint density at radius 3 is 3.00 bits per heavy atom. The maximum absolute atomic E-state index is 4.60. The quantitative estimate of drug-likeness (QED) is 0.827. The predicted octanol–water partition coefficient (Wildman–Crippen LogP) is 1.23. The van der Waals surface area contributed by atoms with Crippen LogP contribution in [0.3, 0.4) is 0 Å². The number of aromatic nitrogens is 3. The maximum Gasteiger partial charge on any atom is 0.191 e. The molecule has 1 saturated heterocycles. The Labute approximate surface area is 92.0 Å². The molecule has 4 nitrogen and oxygen atoms in total. The molecule has 0 amide bonds. The van der Waals surface area contributed by atoms with Crippen LogP contribution in [0.2, 0.25) is 0 Å². The van der Waals surface area contributed by atoms with Gasteiger partial charge in [0.05, 0.1) is 4.88 Å². The molecule has 0 aliphatic carbocycles. The van der Waals surface area contributed by atoms with Gasteiger partial charge in [-0.25, -0.2) is 4.98 Å². The normalized spacial score (nSPS) is 16.6. The number of hydrogen-bond acceptors (Lipinski definition) is 4. The number of thiophene rings is 1. The zero-order chi connectivity index (χ0) is 10.3. The highest BCUT2D eigenvalue weighted by Crippen LogP contribution is 2.24. The lowest BCUT2D eigenvalue weighted by Gasteiger charge is -2.25. The molecule has 78 valence electrons. The molecule has 15 heavy (non-hydrogen) atoms. The van der Waals surface area contributed by atoms with Crippen molar-refractivity contribution in [2.45, 2.75) is 5.92 Å². The van der Waals surface area contributed by atoms with Gasteiger partial charge in [0.15, 0.2) is 5.82 Å². The molecule has 0 bridgehead atoms. The fourth-order valence-corrected chi connectivity index (χ4v) is 2.39. The van der Waals surface area contributed by atoms with Crippen LogP contribution in [0.1, 0.15) is 11.7 Å². The van der Waals surface area contributed by atoms with Crippen molar-refractivity contribution in [3.05, 3.63) is 23.3 Å². The van der Waals surface area contributed by atoms with Crippen LogP contribution in [-0.4, -0.2) is 27.9 Å². The average molecular weight is 220 g/mol. The van der Waals surface area contributed by atoms with E-state index < -0.39 is 0 Å². The zero-order valence-corrected chi connectivity index (χ0v) is 9.29. The van der Waals surface area contributed by atoms with E-state index in [0.29, 0.717) is 5.92 Å². The van der Waals surface area contributed by atoms with E-state index in [-0.39, 0.29) is 0 Å². The Balaban J connectivity index is 1.97. The van der Waals surface area contributed by atoms with Crippen LogP contribution in [0.25, 0.3) is 10.7 Å². The molecule has 2 aromatic rings. The summed E-state index contributed by atoms with van der Waals surface area (Å²) in [5, 5.41) is 9.75. The average Bonchev–Trinajstić information content (AvgIpc) is 2.72. The highest BCUT2D eigenvalue weighted by atomic mass is 32.1. The standard InChI is InChI=1S/C10H12N4S/c1-14-10(7-5-11-6-7)12-9(13-14)8-3-2-4-15-8/h2-4,7,11H,5-6H2,1H3. The third kappa shape index (κ3) is 1.48. The third-order valence-electron chi connectivity index (χ3n) is 2.68. The van der Waals surface area contributed by atoms with E-state index in [1.54, 1.807) is 11.3 Å². The Morgan fingerprint density at radius 1 is 1.53 bits per heavy atom. The Hall–Kier alpha value is -1.20. The highest BCUT2D eigenvalue weighted by Gasteiger charge is 2.24. The summed E-state index contributed by atoms with van der Waals surface area (Å²) in [7, 11) is 1.97. The van der Waals surface area contributed by atoms with Gasteiger partial charge >= 0.3 is 0 Å². The van der Waals surface area contributed by atoms with E-state index in [1.807, 2.05) is 17.8 Å². The first-order valence-corrected chi connectivity index (χ1v) is 5.88. The monoisotopic (exact) mass is 220 g/mol. The molecule has 0 radical (unpaired) electrons. The first-order chi connectivity index (χ1) is 7.34. The second-order valence-electron chi connectivity index (χ2n) is 3.75. The van der Waals surface area contributed by atoms with Crippen molar-refractivity contribution in [1.82, 2.24) is 20.1 Å². The minimum Gasteiger partial charge on any atom is -0.315 e. The summed E-state index contributed by atoms with van der Waals surface area (Å²) in [5.74, 6) is 2.49. The summed E-state index contributed by atoms with van der Waals surface area (Å²) >= 11 is 1.68. The zero-order valence-electron chi connectivity index (χ0n) is 8.47. The summed E-state index contributed by atoms with van der Waals surface area (Å²) in [6, 6.07) is 4.09. The molecule has 3 heterocycles. The van der Waals surface area contributed by atoms with Crippen molar-refractivity contribution in [3.8, 4) is 10.7 Å². The number of nitrogens with zero attached hydrogens (tertiary/aromatic N) is 3. The highest BCUT2D eigenvalue weighted by molar-refractivity contribution is 7.13. The van der Waals surface area contributed by atoms with Gasteiger partial charge in [0.1, 0.15) is 5.82 Å². The molecule has 1 aliphatic rings. The van der Waals surface area contributed by atoms with Crippen LogP contribution in [-0.2, 0) is 7.05 Å². The van der Waals surface area contributed by atoms with Gasteiger partial charge in [-0.05, 0) is 11.4 Å². The first-order valence-electron chi connectivity index (χ1n) is 5.00. The summed E-state index contributed by atoms with van der Waals surface area (Å²) in [4.78, 5) is 5.74. The lowest BCUT2D eigenvalue weighted by molar-refractivity contribution is 0.416. The fraction of sp³-hybridized carbons (Fsp3) is 0.400. The van der Waals surface area contributed by atoms with Crippen LogP contribution >= 0.6 is 11.3 Å². The third-order valence-corrected chi connectivity index (χ3v) is 3.55. The van der Waals surface area contributed by atoms with E-state index in [9.17, 15) is 0 Å². The van der Waals surface area contributed by atoms with Crippen LogP contribution in [0.5, 0.6) is 0 Å². The van der Waals surface area contributed by atoms with E-state index in [0.717, 1.165) is 29.6 Å². The molecule has 0 saturated carbocycles. The van der Waals surface area contributed by atoms with Crippen LogP contribution in [0.4, 0.5) is 0 Å². The van der Waals surface area contributed by atoms with Crippen molar-refractivity contribution in [1.29, 1.82) is 0 Å². The van der Waals surface area contributed by atoms with Crippen LogP contribution in [0.15, 0.2) is 17.5 Å². The minimum absolute atomic E-state index is 0.538. The van der Waals surface area contributed by atoms with Gasteiger partial charge in [0.25, 0.3) is 0 Å². The fourth-order valence-electron chi connectivity index (χ4n) is 1.73. The lowest BCUT2D eigenvalue weighted by atomic mass is 10.0. The minimum atomic E-state index is 0.538. The second-order valence-corrected chi connectivity index (χ2v) is 4.70. The predicted molar refractivity (Wildman–Crippen MR) is 59.9 cm³/mol. The summed E-state index contributed by atoms with van der Waals surface area (Å²) in [6.45, 7) is 2.05. The topological polar surface area (TPSA) is 42.7 Å². The van der Waals surface area contributed by atoms with Gasteiger partial charge in [-0.1, -0.05) is 6.07 Å². The molecular weight excluding hydrogens is 208 g/mol. The number of aryl methyl sites for hydroxylation is 1. The molecule has 2 aromatic heterocycles. The molecule has 0 unspecified atom stereocenters. The van der Waals surface area contributed by atoms with Crippen LogP contribution < -0.4 is 5.32 Å². The summed E-state index contributed by atoms with van der Waals surface area (Å²) < 4.78 is 1.90. The van der Waals surface area contributed by atoms with E-state index in [1.165, 1.54) is 0 Å². The smallest absolute Gasteiger partial charge is 0.191 e. The van der Waals surface area contributed by atoms with Crippen molar-refractivity contribution in [2.24, 2.45) is 7.05 Å². The van der Waals surface area contributed by atoms with Crippen molar-refractivity contribution in [2.75, 3.05) is 13.1 Å². The van der Waals surface area contributed by atoms with Gasteiger partial charge in [0, 0.05) is 26.1 Å². The molecule has 0 aromatic carbocycles. The van der Waals surface area contributed by atoms with E-state index >= 15 is 0 Å². The number of rotatable bonds is 2. The molecule has 3 rings (SSSR count). The molecule has 1 aliphatic heterocycles. The molecule has 0 atom stereocenters. The Bertz CT molecular complexity index is 456. The summed E-state index contributed by atoms with van der Waals surface area (Å²) in [6.07, 6.45) is 0. The van der Waals surface area contributed by atoms with Crippen molar-refractivity contribution >= 4 is 11.3 Å². The number of nitrogens with one attached hydrogen (secondary N) is 1. The van der Waals surface area contributed by atoms with Gasteiger partial charge in [-0.15, -0.1) is 11.3 Å². The van der Waals surface area contributed by atoms with Gasteiger partial charge < -0.3 is 5.32 Å². The number of hydrogen-bond donors (Lipinski definition) is 1. The molecule has 1 N–H and O–H groups in total. The van der Waals surface area contributed by atoms with Gasteiger partial charge in [-0.3, -0.25) is 4.68 Å². The van der Waals surface area contributed by atoms with Crippen molar-refractivity contribution < 1.29 is 0 Å². The van der Waals surface area contributed by atoms with E-state index in [2.05, 4.69) is 26.8 Å². The Morgan fingerprint density at radius 2 is 2.40 bits per heavy atom. The largest absolute Gasteiger partial charge is 0.315 e. The lowest BCUT2D eigenvalue weighted by Crippen LogP contribution is -2.41. The second kappa shape index (κ2) is 3.43. The molecule has 5 heteroatoms. The first kappa shape index (κ1) is 9.06. The molecule has 1 fully saturated rings. The SMILES string of the molecule is Cn1nc(-c2cccs2)nc1C1CNC1. The van der Waals surface area contributed by atoms with Crippen molar-refractivity contribution in [3.63, 3.8) is 0 Å².